The van der Waals surface area contributed by atoms with E-state index >= 15 is 0 Å². The Morgan fingerprint density at radius 1 is 0.905 bits per heavy atom. The van der Waals surface area contributed by atoms with Crippen LogP contribution < -0.4 is 34.7 Å². The molecule has 116 valence electrons. The average Bonchev–Trinajstić information content (AvgIpc) is 2.39. The minimum atomic E-state index is -0.947. The number of aliphatic carboxylic acids is 1. The quantitative estimate of drug-likeness (QED) is 0.204. The third-order valence-electron chi connectivity index (χ3n) is 3.11. The number of hydrogen-bond acceptors (Lipinski definition) is 4. The van der Waals surface area contributed by atoms with Crippen molar-refractivity contribution in [2.24, 2.45) is 0 Å². The number of carbonyl (C=O) groups is 2. The molecule has 0 fully saturated rings. The Bertz CT molecular complexity index is 303. The topological polar surface area (TPSA) is 66.4 Å². The molecule has 0 aromatic carbocycles. The van der Waals surface area contributed by atoms with Crippen LogP contribution in [0, 0.1) is 0 Å². The molecule has 0 saturated heterocycles. The SMILES string of the molecule is C=C(C)C(=O)OCCCCCCCCCCCC(=O)[O-].[Na+]. The molecule has 5 heteroatoms. The van der Waals surface area contributed by atoms with Gasteiger partial charge in [-0.15, -0.1) is 0 Å². The first kappa shape index (κ1) is 23.0. The Hall–Kier alpha value is -0.320. The van der Waals surface area contributed by atoms with Crippen molar-refractivity contribution >= 4 is 11.9 Å². The Balaban J connectivity index is 0. The van der Waals surface area contributed by atoms with E-state index in [1.54, 1.807) is 6.92 Å². The molecule has 0 spiro atoms. The zero-order valence-electron chi connectivity index (χ0n) is 13.6. The Kier molecular flexibility index (Phi) is 17.6. The second kappa shape index (κ2) is 16.1. The fourth-order valence-electron chi connectivity index (χ4n) is 1.90. The third-order valence-corrected chi connectivity index (χ3v) is 3.11. The maximum absolute atomic E-state index is 11.1. The molecule has 0 atom stereocenters. The molecular weight excluding hydrogens is 279 g/mol. The Morgan fingerprint density at radius 3 is 1.76 bits per heavy atom. The van der Waals surface area contributed by atoms with Gasteiger partial charge in [-0.1, -0.05) is 51.5 Å². The smallest absolute Gasteiger partial charge is 0.550 e. The fourth-order valence-corrected chi connectivity index (χ4v) is 1.90. The van der Waals surface area contributed by atoms with E-state index < -0.39 is 5.97 Å². The molecule has 4 nitrogen and oxygen atoms in total. The van der Waals surface area contributed by atoms with Gasteiger partial charge in [-0.25, -0.2) is 4.79 Å². The molecular formula is C16H27NaO4. The maximum atomic E-state index is 11.1. The first-order valence-corrected chi connectivity index (χ1v) is 7.56. The number of carboxylic acids is 1. The molecule has 0 heterocycles. The van der Waals surface area contributed by atoms with Gasteiger partial charge in [0.2, 0.25) is 0 Å². The molecule has 0 aliphatic carbocycles. The van der Waals surface area contributed by atoms with Crippen molar-refractivity contribution in [3.05, 3.63) is 12.2 Å². The van der Waals surface area contributed by atoms with Crippen molar-refractivity contribution < 1.29 is 49.0 Å². The Morgan fingerprint density at radius 2 is 1.33 bits per heavy atom. The first-order valence-electron chi connectivity index (χ1n) is 7.56. The van der Waals surface area contributed by atoms with Crippen LogP contribution in [0.1, 0.15) is 71.1 Å². The molecule has 0 saturated carbocycles. The molecule has 0 radical (unpaired) electrons. The molecule has 21 heavy (non-hydrogen) atoms. The predicted molar refractivity (Wildman–Crippen MR) is 77.0 cm³/mol. The summed E-state index contributed by atoms with van der Waals surface area (Å²) in [5.74, 6) is -1.25. The zero-order chi connectivity index (χ0) is 15.2. The fraction of sp³-hybridized carbons (Fsp3) is 0.750. The van der Waals surface area contributed by atoms with Crippen LogP contribution in [0.5, 0.6) is 0 Å². The van der Waals surface area contributed by atoms with Gasteiger partial charge >= 0.3 is 35.5 Å². The number of esters is 1. The summed E-state index contributed by atoms with van der Waals surface area (Å²) in [6, 6.07) is 0. The van der Waals surface area contributed by atoms with E-state index in [4.69, 9.17) is 4.74 Å². The van der Waals surface area contributed by atoms with Crippen LogP contribution in [0.3, 0.4) is 0 Å². The molecule has 0 bridgehead atoms. The van der Waals surface area contributed by atoms with Gasteiger partial charge in [0.25, 0.3) is 0 Å². The van der Waals surface area contributed by atoms with Gasteiger partial charge < -0.3 is 14.6 Å². The monoisotopic (exact) mass is 306 g/mol. The van der Waals surface area contributed by atoms with Crippen LogP contribution in [0.2, 0.25) is 0 Å². The van der Waals surface area contributed by atoms with E-state index in [0.29, 0.717) is 12.2 Å². The number of carboxylic acid groups (broad SMARTS) is 1. The van der Waals surface area contributed by atoms with Crippen LogP contribution >= 0.6 is 0 Å². The summed E-state index contributed by atoms with van der Waals surface area (Å²) in [6.07, 6.45) is 9.68. The number of ether oxygens (including phenoxy) is 1. The maximum Gasteiger partial charge on any atom is 1.00 e. The zero-order valence-corrected chi connectivity index (χ0v) is 15.6. The number of rotatable bonds is 13. The predicted octanol–water partition coefficient (Wildman–Crippen LogP) is -0.239. The molecule has 0 aromatic heterocycles. The molecule has 0 unspecified atom stereocenters. The number of hydrogen-bond donors (Lipinski definition) is 0. The van der Waals surface area contributed by atoms with Crippen molar-refractivity contribution in [2.45, 2.75) is 71.1 Å². The summed E-state index contributed by atoms with van der Waals surface area (Å²) < 4.78 is 5.00. The van der Waals surface area contributed by atoms with Gasteiger partial charge in [0.1, 0.15) is 0 Å². The third kappa shape index (κ3) is 17.6. The molecule has 0 aromatic rings. The van der Waals surface area contributed by atoms with E-state index in [9.17, 15) is 14.7 Å². The summed E-state index contributed by atoms with van der Waals surface area (Å²) in [5, 5.41) is 10.2. The van der Waals surface area contributed by atoms with Crippen molar-refractivity contribution in [3.63, 3.8) is 0 Å². The van der Waals surface area contributed by atoms with Crippen LogP contribution in [0.4, 0.5) is 0 Å². The van der Waals surface area contributed by atoms with E-state index in [2.05, 4.69) is 6.58 Å². The van der Waals surface area contributed by atoms with Crippen LogP contribution in [-0.4, -0.2) is 18.5 Å². The van der Waals surface area contributed by atoms with Gasteiger partial charge in [0.05, 0.1) is 6.61 Å². The van der Waals surface area contributed by atoms with E-state index in [-0.39, 0.29) is 41.9 Å². The van der Waals surface area contributed by atoms with Crippen LogP contribution in [-0.2, 0) is 14.3 Å². The van der Waals surface area contributed by atoms with Gasteiger partial charge in [0, 0.05) is 11.5 Å². The number of carbonyl (C=O) groups excluding carboxylic acids is 2. The summed E-state index contributed by atoms with van der Waals surface area (Å²) >= 11 is 0. The van der Waals surface area contributed by atoms with E-state index in [0.717, 1.165) is 44.9 Å². The largest absolute Gasteiger partial charge is 1.00 e. The van der Waals surface area contributed by atoms with Crippen molar-refractivity contribution in [2.75, 3.05) is 6.61 Å². The first-order chi connectivity index (χ1) is 9.54. The Labute approximate surface area is 150 Å². The summed E-state index contributed by atoms with van der Waals surface area (Å²) in [4.78, 5) is 21.3. The minimum absolute atomic E-state index is 0. The molecule has 0 rings (SSSR count). The van der Waals surface area contributed by atoms with E-state index in [1.165, 1.54) is 12.8 Å². The second-order valence-corrected chi connectivity index (χ2v) is 5.22. The van der Waals surface area contributed by atoms with Gasteiger partial charge in [-0.2, -0.15) is 0 Å². The minimum Gasteiger partial charge on any atom is -0.550 e. The molecule has 0 amide bonds. The van der Waals surface area contributed by atoms with Crippen molar-refractivity contribution in [1.82, 2.24) is 0 Å². The summed E-state index contributed by atoms with van der Waals surface area (Å²) in [5.41, 5.74) is 0.448. The molecule has 0 aliphatic heterocycles. The van der Waals surface area contributed by atoms with Gasteiger partial charge in [-0.05, 0) is 26.2 Å². The number of unbranched alkanes of at least 4 members (excludes halogenated alkanes) is 8. The average molecular weight is 306 g/mol. The van der Waals surface area contributed by atoms with Crippen molar-refractivity contribution in [3.8, 4) is 0 Å². The van der Waals surface area contributed by atoms with Crippen LogP contribution in [0.15, 0.2) is 12.2 Å². The van der Waals surface area contributed by atoms with Gasteiger partial charge in [-0.3, -0.25) is 0 Å². The van der Waals surface area contributed by atoms with Crippen LogP contribution in [0.25, 0.3) is 0 Å². The summed E-state index contributed by atoms with van der Waals surface area (Å²) in [7, 11) is 0. The molecule has 0 aliphatic rings. The standard InChI is InChI=1S/C16H28O4.Na/c1-14(2)16(19)20-13-11-9-7-5-3-4-6-8-10-12-15(17)18;/h1,3-13H2,2H3,(H,17,18);/q;+1/p-1. The normalized spacial score (nSPS) is 9.76. The van der Waals surface area contributed by atoms with Gasteiger partial charge in [0.15, 0.2) is 0 Å². The van der Waals surface area contributed by atoms with Crippen molar-refractivity contribution in [1.29, 1.82) is 0 Å². The molecule has 0 N–H and O–H groups in total. The summed E-state index contributed by atoms with van der Waals surface area (Å²) in [6.45, 7) is 5.65. The van der Waals surface area contributed by atoms with E-state index in [1.807, 2.05) is 0 Å². The second-order valence-electron chi connectivity index (χ2n) is 5.22.